The fourth-order valence-electron chi connectivity index (χ4n) is 2.68. The summed E-state index contributed by atoms with van der Waals surface area (Å²) in [7, 11) is 0. The molecular formula is C15H22N6O. The second-order valence-electron chi connectivity index (χ2n) is 5.52. The van der Waals surface area contributed by atoms with Crippen molar-refractivity contribution in [3.05, 3.63) is 28.7 Å². The SMILES string of the molecule is CCN1CCN(CCNc2ncc3ccc(=O)[nH]c3n2)CC1. The molecule has 0 spiro atoms. The van der Waals surface area contributed by atoms with Gasteiger partial charge in [-0.05, 0) is 12.6 Å². The Labute approximate surface area is 129 Å². The lowest BCUT2D eigenvalue weighted by Crippen LogP contribution is -2.47. The van der Waals surface area contributed by atoms with Crippen LogP contribution in [0, 0.1) is 0 Å². The molecule has 0 atom stereocenters. The zero-order valence-corrected chi connectivity index (χ0v) is 12.9. The number of hydrogen-bond donors (Lipinski definition) is 2. The molecule has 0 saturated carbocycles. The van der Waals surface area contributed by atoms with Crippen molar-refractivity contribution >= 4 is 17.0 Å². The smallest absolute Gasteiger partial charge is 0.249 e. The molecule has 1 fully saturated rings. The van der Waals surface area contributed by atoms with Gasteiger partial charge in [0.15, 0.2) is 0 Å². The van der Waals surface area contributed by atoms with Gasteiger partial charge in [0.25, 0.3) is 0 Å². The van der Waals surface area contributed by atoms with Crippen LogP contribution in [-0.4, -0.2) is 70.6 Å². The number of fused-ring (bicyclic) bond motifs is 1. The van der Waals surface area contributed by atoms with E-state index in [4.69, 9.17) is 0 Å². The highest BCUT2D eigenvalue weighted by Gasteiger charge is 2.14. The average molecular weight is 302 g/mol. The standard InChI is InChI=1S/C15H22N6O/c1-2-20-7-9-21(10-8-20)6-5-16-15-17-11-12-3-4-13(22)18-14(12)19-15/h3-4,11H,2,5-10H2,1H3,(H2,16,17,18,19,22). The van der Waals surface area contributed by atoms with E-state index in [9.17, 15) is 4.79 Å². The van der Waals surface area contributed by atoms with E-state index in [0.717, 1.165) is 51.2 Å². The molecule has 3 rings (SSSR count). The molecule has 0 radical (unpaired) electrons. The Morgan fingerprint density at radius 1 is 1.23 bits per heavy atom. The van der Waals surface area contributed by atoms with Crippen LogP contribution in [0.3, 0.4) is 0 Å². The lowest BCUT2D eigenvalue weighted by molar-refractivity contribution is 0.141. The second-order valence-corrected chi connectivity index (χ2v) is 5.52. The monoisotopic (exact) mass is 302 g/mol. The fraction of sp³-hybridized carbons (Fsp3) is 0.533. The molecule has 0 aromatic carbocycles. The third-order valence-corrected chi connectivity index (χ3v) is 4.10. The molecule has 0 bridgehead atoms. The minimum atomic E-state index is -0.147. The van der Waals surface area contributed by atoms with Crippen molar-refractivity contribution in [3.8, 4) is 0 Å². The van der Waals surface area contributed by atoms with E-state index in [-0.39, 0.29) is 5.56 Å². The van der Waals surface area contributed by atoms with Gasteiger partial charge in [-0.3, -0.25) is 9.69 Å². The minimum absolute atomic E-state index is 0.147. The Balaban J connectivity index is 1.52. The number of likely N-dealkylation sites (N-methyl/N-ethyl adjacent to an activating group) is 1. The number of rotatable bonds is 5. The summed E-state index contributed by atoms with van der Waals surface area (Å²) in [6.07, 6.45) is 1.72. The molecule has 3 heterocycles. The van der Waals surface area contributed by atoms with Crippen LogP contribution in [0.4, 0.5) is 5.95 Å². The predicted molar refractivity (Wildman–Crippen MR) is 87.2 cm³/mol. The number of aromatic amines is 1. The highest BCUT2D eigenvalue weighted by molar-refractivity contribution is 5.74. The molecule has 7 heteroatoms. The van der Waals surface area contributed by atoms with Crippen molar-refractivity contribution < 1.29 is 0 Å². The summed E-state index contributed by atoms with van der Waals surface area (Å²) >= 11 is 0. The number of pyridine rings is 1. The van der Waals surface area contributed by atoms with Gasteiger partial charge in [0.2, 0.25) is 11.5 Å². The molecule has 0 amide bonds. The third-order valence-electron chi connectivity index (χ3n) is 4.10. The van der Waals surface area contributed by atoms with Crippen LogP contribution >= 0.6 is 0 Å². The van der Waals surface area contributed by atoms with Gasteiger partial charge in [-0.1, -0.05) is 6.92 Å². The van der Waals surface area contributed by atoms with Gasteiger partial charge in [0.1, 0.15) is 5.65 Å². The number of nitrogens with one attached hydrogen (secondary N) is 2. The van der Waals surface area contributed by atoms with Gasteiger partial charge >= 0.3 is 0 Å². The Morgan fingerprint density at radius 3 is 2.77 bits per heavy atom. The van der Waals surface area contributed by atoms with E-state index in [2.05, 4.69) is 37.0 Å². The van der Waals surface area contributed by atoms with Gasteiger partial charge < -0.3 is 15.2 Å². The summed E-state index contributed by atoms with van der Waals surface area (Å²) in [5, 5.41) is 4.06. The van der Waals surface area contributed by atoms with Crippen molar-refractivity contribution in [1.29, 1.82) is 0 Å². The number of hydrogen-bond acceptors (Lipinski definition) is 6. The first-order chi connectivity index (χ1) is 10.7. The van der Waals surface area contributed by atoms with E-state index < -0.39 is 0 Å². The normalized spacial score (nSPS) is 17.0. The van der Waals surface area contributed by atoms with E-state index in [1.807, 2.05) is 0 Å². The minimum Gasteiger partial charge on any atom is -0.353 e. The quantitative estimate of drug-likeness (QED) is 0.831. The molecule has 0 aliphatic carbocycles. The van der Waals surface area contributed by atoms with E-state index in [1.54, 1.807) is 12.3 Å². The molecule has 1 saturated heterocycles. The van der Waals surface area contributed by atoms with E-state index >= 15 is 0 Å². The van der Waals surface area contributed by atoms with Gasteiger partial charge in [-0.25, -0.2) is 4.98 Å². The highest BCUT2D eigenvalue weighted by Crippen LogP contribution is 2.07. The van der Waals surface area contributed by atoms with E-state index in [1.165, 1.54) is 6.07 Å². The largest absolute Gasteiger partial charge is 0.353 e. The Hall–Kier alpha value is -1.99. The van der Waals surface area contributed by atoms with Crippen LogP contribution < -0.4 is 10.9 Å². The van der Waals surface area contributed by atoms with Crippen LogP contribution in [0.2, 0.25) is 0 Å². The van der Waals surface area contributed by atoms with Crippen molar-refractivity contribution in [2.24, 2.45) is 0 Å². The van der Waals surface area contributed by atoms with Crippen LogP contribution in [0.25, 0.3) is 11.0 Å². The van der Waals surface area contributed by atoms with Gasteiger partial charge in [0.05, 0.1) is 0 Å². The molecular weight excluding hydrogens is 280 g/mol. The summed E-state index contributed by atoms with van der Waals surface area (Å²) in [5.41, 5.74) is 0.424. The zero-order valence-electron chi connectivity index (χ0n) is 12.9. The summed E-state index contributed by atoms with van der Waals surface area (Å²) in [6.45, 7) is 9.63. The Kier molecular flexibility index (Phi) is 4.65. The van der Waals surface area contributed by atoms with Gasteiger partial charge in [-0.15, -0.1) is 0 Å². The predicted octanol–water partition coefficient (Wildman–Crippen LogP) is 0.367. The zero-order chi connectivity index (χ0) is 15.4. The van der Waals surface area contributed by atoms with Crippen LogP contribution in [0.15, 0.2) is 23.1 Å². The number of nitrogens with zero attached hydrogens (tertiary/aromatic N) is 4. The maximum atomic E-state index is 11.3. The first-order valence-electron chi connectivity index (χ1n) is 7.79. The second kappa shape index (κ2) is 6.85. The first kappa shape index (κ1) is 14.9. The number of anilines is 1. The molecule has 2 N–H and O–H groups in total. The molecule has 2 aromatic heterocycles. The van der Waals surface area contributed by atoms with Crippen LogP contribution in [0.5, 0.6) is 0 Å². The molecule has 118 valence electrons. The maximum Gasteiger partial charge on any atom is 0.249 e. The van der Waals surface area contributed by atoms with Crippen molar-refractivity contribution in [2.45, 2.75) is 6.92 Å². The summed E-state index contributed by atoms with van der Waals surface area (Å²) in [4.78, 5) is 27.6. The van der Waals surface area contributed by atoms with Crippen molar-refractivity contribution in [1.82, 2.24) is 24.8 Å². The van der Waals surface area contributed by atoms with Gasteiger partial charge in [0, 0.05) is 56.9 Å². The van der Waals surface area contributed by atoms with Crippen molar-refractivity contribution in [3.63, 3.8) is 0 Å². The molecule has 0 unspecified atom stereocenters. The summed E-state index contributed by atoms with van der Waals surface area (Å²) < 4.78 is 0. The summed E-state index contributed by atoms with van der Waals surface area (Å²) in [6, 6.07) is 3.21. The molecule has 22 heavy (non-hydrogen) atoms. The Morgan fingerprint density at radius 2 is 2.00 bits per heavy atom. The molecule has 1 aliphatic rings. The molecule has 7 nitrogen and oxygen atoms in total. The molecule has 1 aliphatic heterocycles. The lowest BCUT2D eigenvalue weighted by Gasteiger charge is -2.33. The topological polar surface area (TPSA) is 77.1 Å². The van der Waals surface area contributed by atoms with Crippen molar-refractivity contribution in [2.75, 3.05) is 51.1 Å². The first-order valence-corrected chi connectivity index (χ1v) is 7.79. The van der Waals surface area contributed by atoms with Gasteiger partial charge in [-0.2, -0.15) is 4.98 Å². The van der Waals surface area contributed by atoms with Crippen LogP contribution in [-0.2, 0) is 0 Å². The molecule has 2 aromatic rings. The number of H-pyrrole nitrogens is 1. The highest BCUT2D eigenvalue weighted by atomic mass is 16.1. The third kappa shape index (κ3) is 3.61. The lowest BCUT2D eigenvalue weighted by atomic mass is 10.3. The van der Waals surface area contributed by atoms with Crippen LogP contribution in [0.1, 0.15) is 6.92 Å². The fourth-order valence-corrected chi connectivity index (χ4v) is 2.68. The summed E-state index contributed by atoms with van der Waals surface area (Å²) in [5.74, 6) is 0.557. The van der Waals surface area contributed by atoms with E-state index in [0.29, 0.717) is 11.6 Å². The maximum absolute atomic E-state index is 11.3. The number of piperazine rings is 1. The Bertz CT molecular complexity index is 677. The number of aromatic nitrogens is 3. The average Bonchev–Trinajstić information content (AvgIpc) is 2.55.